The van der Waals surface area contributed by atoms with Gasteiger partial charge in [-0.2, -0.15) is 0 Å². The van der Waals surface area contributed by atoms with E-state index in [1.807, 2.05) is 18.2 Å². The van der Waals surface area contributed by atoms with E-state index >= 15 is 0 Å². The molecule has 2 unspecified atom stereocenters. The average molecular weight is 359 g/mol. The summed E-state index contributed by atoms with van der Waals surface area (Å²) < 4.78 is 6.32. The second-order valence-electron chi connectivity index (χ2n) is 7.40. The van der Waals surface area contributed by atoms with Crippen LogP contribution >= 0.6 is 11.3 Å². The van der Waals surface area contributed by atoms with Gasteiger partial charge < -0.3 is 15.8 Å². The molecule has 1 heterocycles. The van der Waals surface area contributed by atoms with E-state index < -0.39 is 0 Å². The zero-order valence-electron chi connectivity index (χ0n) is 14.5. The van der Waals surface area contributed by atoms with Crippen LogP contribution in [0.15, 0.2) is 18.2 Å². The molecule has 1 aromatic carbocycles. The summed E-state index contributed by atoms with van der Waals surface area (Å²) in [5.41, 5.74) is 8.32. The molecular weight excluding hydrogens is 334 g/mol. The summed E-state index contributed by atoms with van der Waals surface area (Å²) >= 11 is 1.53. The lowest BCUT2D eigenvalue weighted by atomic mass is 9.65. The molecule has 1 aromatic heterocycles. The van der Waals surface area contributed by atoms with Crippen LogP contribution < -0.4 is 11.1 Å². The normalized spacial score (nSPS) is 28.9. The molecule has 2 atom stereocenters. The topological polar surface area (TPSA) is 77.2 Å². The second-order valence-corrected chi connectivity index (χ2v) is 8.43. The molecule has 2 aliphatic carbocycles. The van der Waals surface area contributed by atoms with Crippen molar-refractivity contribution < 1.29 is 9.53 Å². The lowest BCUT2D eigenvalue weighted by Crippen LogP contribution is -2.48. The summed E-state index contributed by atoms with van der Waals surface area (Å²) in [6.45, 7) is 0.526. The Labute approximate surface area is 152 Å². The van der Waals surface area contributed by atoms with Crippen molar-refractivity contribution in [2.75, 3.05) is 12.4 Å². The number of benzene rings is 1. The molecule has 2 bridgehead atoms. The fourth-order valence-electron chi connectivity index (χ4n) is 4.54. The summed E-state index contributed by atoms with van der Waals surface area (Å²) in [6.07, 6.45) is 5.44. The molecule has 134 valence electrons. The minimum absolute atomic E-state index is 0.0700. The van der Waals surface area contributed by atoms with Crippen molar-refractivity contribution in [3.05, 3.63) is 23.8 Å². The SMILES string of the molecule is COCc1cccc2sc(NC(=O)C3CC4CCCC(C3)C4N)nc12. The summed E-state index contributed by atoms with van der Waals surface area (Å²) in [7, 11) is 1.68. The number of nitrogens with one attached hydrogen (secondary N) is 1. The Morgan fingerprint density at radius 2 is 2.12 bits per heavy atom. The van der Waals surface area contributed by atoms with Crippen LogP contribution in [0, 0.1) is 17.8 Å². The van der Waals surface area contributed by atoms with Crippen LogP contribution in [-0.2, 0) is 16.1 Å². The number of para-hydroxylation sites is 1. The van der Waals surface area contributed by atoms with Gasteiger partial charge in [-0.1, -0.05) is 29.9 Å². The van der Waals surface area contributed by atoms with Crippen molar-refractivity contribution in [1.29, 1.82) is 0 Å². The van der Waals surface area contributed by atoms with Crippen LogP contribution in [0.2, 0.25) is 0 Å². The van der Waals surface area contributed by atoms with Crippen molar-refractivity contribution in [2.45, 2.75) is 44.8 Å². The molecule has 25 heavy (non-hydrogen) atoms. The number of thiazole rings is 1. The van der Waals surface area contributed by atoms with Crippen LogP contribution in [0.25, 0.3) is 10.2 Å². The Balaban J connectivity index is 1.49. The number of carbonyl (C=O) groups is 1. The number of nitrogens with two attached hydrogens (primary N) is 1. The number of hydrogen-bond donors (Lipinski definition) is 2. The quantitative estimate of drug-likeness (QED) is 0.875. The third-order valence-electron chi connectivity index (χ3n) is 5.82. The Hall–Kier alpha value is -1.50. The van der Waals surface area contributed by atoms with E-state index in [1.54, 1.807) is 7.11 Å². The summed E-state index contributed by atoms with van der Waals surface area (Å²) in [6, 6.07) is 6.34. The minimum atomic E-state index is 0.0700. The number of methoxy groups -OCH3 is 1. The predicted octanol–water partition coefficient (Wildman–Crippen LogP) is 3.53. The second kappa shape index (κ2) is 7.02. The van der Waals surface area contributed by atoms with Crippen LogP contribution in [0.1, 0.15) is 37.7 Å². The number of hydrogen-bond acceptors (Lipinski definition) is 5. The highest BCUT2D eigenvalue weighted by Gasteiger charge is 2.40. The van der Waals surface area contributed by atoms with Crippen molar-refractivity contribution in [3.8, 4) is 0 Å². The maximum absolute atomic E-state index is 12.8. The van der Waals surface area contributed by atoms with Gasteiger partial charge in [-0.25, -0.2) is 4.98 Å². The van der Waals surface area contributed by atoms with Gasteiger partial charge in [0.2, 0.25) is 5.91 Å². The molecule has 2 fully saturated rings. The minimum Gasteiger partial charge on any atom is -0.380 e. The highest BCUT2D eigenvalue weighted by atomic mass is 32.1. The van der Waals surface area contributed by atoms with Crippen molar-refractivity contribution in [1.82, 2.24) is 4.98 Å². The largest absolute Gasteiger partial charge is 0.380 e. The first-order valence-corrected chi connectivity index (χ1v) is 9.91. The third kappa shape index (κ3) is 3.30. The molecule has 2 aromatic rings. The average Bonchev–Trinajstić information content (AvgIpc) is 2.98. The third-order valence-corrected chi connectivity index (χ3v) is 6.75. The lowest BCUT2D eigenvalue weighted by Gasteiger charge is -2.43. The molecule has 6 heteroatoms. The lowest BCUT2D eigenvalue weighted by molar-refractivity contribution is -0.122. The highest BCUT2D eigenvalue weighted by Crippen LogP contribution is 2.42. The molecule has 0 radical (unpaired) electrons. The number of aromatic nitrogens is 1. The summed E-state index contributed by atoms with van der Waals surface area (Å²) in [5.74, 6) is 1.19. The number of fused-ring (bicyclic) bond motifs is 3. The van der Waals surface area contributed by atoms with Gasteiger partial charge in [0.1, 0.15) is 0 Å². The van der Waals surface area contributed by atoms with E-state index in [0.29, 0.717) is 23.6 Å². The first kappa shape index (κ1) is 16.9. The van der Waals surface area contributed by atoms with E-state index in [9.17, 15) is 4.79 Å². The van der Waals surface area contributed by atoms with Gasteiger partial charge in [0, 0.05) is 24.6 Å². The fraction of sp³-hybridized carbons (Fsp3) is 0.579. The zero-order valence-corrected chi connectivity index (χ0v) is 15.3. The van der Waals surface area contributed by atoms with E-state index in [0.717, 1.165) is 28.6 Å². The number of carbonyl (C=O) groups excluding carboxylic acids is 1. The molecule has 0 spiro atoms. The highest BCUT2D eigenvalue weighted by molar-refractivity contribution is 7.22. The molecule has 1 amide bonds. The Morgan fingerprint density at radius 1 is 1.36 bits per heavy atom. The van der Waals surface area contributed by atoms with Gasteiger partial charge in [-0.15, -0.1) is 0 Å². The van der Waals surface area contributed by atoms with Crippen molar-refractivity contribution in [3.63, 3.8) is 0 Å². The fourth-order valence-corrected chi connectivity index (χ4v) is 5.46. The van der Waals surface area contributed by atoms with Gasteiger partial charge >= 0.3 is 0 Å². The summed E-state index contributed by atoms with van der Waals surface area (Å²) in [4.78, 5) is 17.4. The van der Waals surface area contributed by atoms with Crippen LogP contribution in [0.3, 0.4) is 0 Å². The first-order chi connectivity index (χ1) is 12.2. The number of rotatable bonds is 4. The number of ether oxygens (including phenoxy) is 1. The molecule has 5 nitrogen and oxygen atoms in total. The number of amides is 1. The van der Waals surface area contributed by atoms with Crippen molar-refractivity contribution in [2.24, 2.45) is 23.5 Å². The van der Waals surface area contributed by atoms with E-state index in [-0.39, 0.29) is 17.9 Å². The number of anilines is 1. The van der Waals surface area contributed by atoms with Gasteiger partial charge in [-0.3, -0.25) is 4.79 Å². The molecule has 3 N–H and O–H groups in total. The maximum Gasteiger partial charge on any atom is 0.229 e. The monoisotopic (exact) mass is 359 g/mol. The van der Waals surface area contributed by atoms with Gasteiger partial charge in [0.15, 0.2) is 5.13 Å². The van der Waals surface area contributed by atoms with Crippen LogP contribution in [0.4, 0.5) is 5.13 Å². The van der Waals surface area contributed by atoms with Gasteiger partial charge in [0.25, 0.3) is 0 Å². The zero-order chi connectivity index (χ0) is 17.4. The van der Waals surface area contributed by atoms with Gasteiger partial charge in [0.05, 0.1) is 16.8 Å². The van der Waals surface area contributed by atoms with Crippen molar-refractivity contribution >= 4 is 32.6 Å². The smallest absolute Gasteiger partial charge is 0.229 e. The Bertz CT molecular complexity index is 761. The Morgan fingerprint density at radius 3 is 2.84 bits per heavy atom. The first-order valence-electron chi connectivity index (χ1n) is 9.09. The molecule has 4 rings (SSSR count). The van der Waals surface area contributed by atoms with Crippen LogP contribution in [0.5, 0.6) is 0 Å². The summed E-state index contributed by atoms with van der Waals surface area (Å²) in [5, 5.41) is 3.75. The Kier molecular flexibility index (Phi) is 4.75. The molecule has 0 aliphatic heterocycles. The number of nitrogens with zero attached hydrogens (tertiary/aromatic N) is 1. The predicted molar refractivity (Wildman–Crippen MR) is 100 cm³/mol. The molecule has 2 aliphatic rings. The molecule has 0 saturated heterocycles. The van der Waals surface area contributed by atoms with Gasteiger partial charge in [-0.05, 0) is 43.6 Å². The van der Waals surface area contributed by atoms with E-state index in [4.69, 9.17) is 10.5 Å². The van der Waals surface area contributed by atoms with Crippen LogP contribution in [-0.4, -0.2) is 24.0 Å². The van der Waals surface area contributed by atoms with E-state index in [1.165, 1.54) is 30.6 Å². The van der Waals surface area contributed by atoms with E-state index in [2.05, 4.69) is 10.3 Å². The standard InChI is InChI=1S/C19H25N3O2S/c1-24-10-13-6-3-7-15-17(13)21-19(25-15)22-18(23)14-8-11-4-2-5-12(9-14)16(11)20/h3,6-7,11-12,14,16H,2,4-5,8-10,20H2,1H3,(H,21,22,23). The maximum atomic E-state index is 12.8. The molecule has 2 saturated carbocycles. The molecular formula is C19H25N3O2S.